The van der Waals surface area contributed by atoms with Crippen LogP contribution in [0.3, 0.4) is 0 Å². The van der Waals surface area contributed by atoms with E-state index in [0.29, 0.717) is 30.8 Å². The summed E-state index contributed by atoms with van der Waals surface area (Å²) >= 11 is 0. The van der Waals surface area contributed by atoms with Crippen LogP contribution in [0.4, 0.5) is 0 Å². The molecule has 0 aliphatic rings. The molecule has 0 radical (unpaired) electrons. The van der Waals surface area contributed by atoms with E-state index in [4.69, 9.17) is 10.00 Å². The van der Waals surface area contributed by atoms with E-state index in [9.17, 15) is 9.90 Å². The van der Waals surface area contributed by atoms with Crippen molar-refractivity contribution in [2.75, 3.05) is 26.7 Å². The fraction of sp³-hybridized carbons (Fsp3) is 0.429. The molecule has 108 valence electrons. The van der Waals surface area contributed by atoms with Crippen LogP contribution < -0.4 is 15.4 Å². The van der Waals surface area contributed by atoms with Crippen LogP contribution in [-0.4, -0.2) is 43.9 Å². The quantitative estimate of drug-likeness (QED) is 0.583. The van der Waals surface area contributed by atoms with Crippen molar-refractivity contribution in [2.24, 2.45) is 0 Å². The largest absolute Gasteiger partial charge is 0.489 e. The molecule has 1 unspecified atom stereocenters. The van der Waals surface area contributed by atoms with Gasteiger partial charge in [-0.05, 0) is 12.1 Å². The number of carbonyl (C=O) groups excluding carboxylic acids is 1. The van der Waals surface area contributed by atoms with Gasteiger partial charge in [0.1, 0.15) is 24.5 Å². The number of nitrogens with zero attached hydrogens (tertiary/aromatic N) is 1. The third kappa shape index (κ3) is 5.69. The summed E-state index contributed by atoms with van der Waals surface area (Å²) in [6.45, 7) is 0.906. The Morgan fingerprint density at radius 2 is 2.25 bits per heavy atom. The SMILES string of the molecule is CNC(=O)CCNCC(O)COc1ccccc1C#N. The number of carbonyl (C=O) groups is 1. The Kier molecular flexibility index (Phi) is 7.11. The fourth-order valence-corrected chi connectivity index (χ4v) is 1.53. The van der Waals surface area contributed by atoms with E-state index in [1.807, 2.05) is 6.07 Å². The lowest BCUT2D eigenvalue weighted by Gasteiger charge is -2.13. The number of hydrogen-bond acceptors (Lipinski definition) is 5. The second-order valence-electron chi connectivity index (χ2n) is 4.20. The van der Waals surface area contributed by atoms with Gasteiger partial charge in [0.15, 0.2) is 0 Å². The van der Waals surface area contributed by atoms with Crippen molar-refractivity contribution in [1.82, 2.24) is 10.6 Å². The summed E-state index contributed by atoms with van der Waals surface area (Å²) in [7, 11) is 1.58. The van der Waals surface area contributed by atoms with Crippen molar-refractivity contribution in [3.8, 4) is 11.8 Å². The Bertz CT molecular complexity index is 471. The zero-order valence-corrected chi connectivity index (χ0v) is 11.4. The molecule has 0 spiro atoms. The zero-order valence-electron chi connectivity index (χ0n) is 11.4. The van der Waals surface area contributed by atoms with E-state index in [1.165, 1.54) is 0 Å². The van der Waals surface area contributed by atoms with Crippen LogP contribution in [-0.2, 0) is 4.79 Å². The highest BCUT2D eigenvalue weighted by Crippen LogP contribution is 2.16. The first kappa shape index (κ1) is 16.0. The predicted octanol–water partition coefficient (Wildman–Crippen LogP) is 0.0237. The molecular weight excluding hydrogens is 258 g/mol. The molecule has 3 N–H and O–H groups in total. The minimum atomic E-state index is -0.702. The summed E-state index contributed by atoms with van der Waals surface area (Å²) in [5, 5.41) is 24.1. The first-order chi connectivity index (χ1) is 9.67. The van der Waals surface area contributed by atoms with Crippen LogP contribution in [0, 0.1) is 11.3 Å². The van der Waals surface area contributed by atoms with Crippen LogP contribution >= 0.6 is 0 Å². The Morgan fingerprint density at radius 1 is 1.50 bits per heavy atom. The number of nitrogens with one attached hydrogen (secondary N) is 2. The van der Waals surface area contributed by atoms with Gasteiger partial charge in [-0.3, -0.25) is 4.79 Å². The van der Waals surface area contributed by atoms with Gasteiger partial charge < -0.3 is 20.5 Å². The van der Waals surface area contributed by atoms with E-state index in [-0.39, 0.29) is 12.5 Å². The van der Waals surface area contributed by atoms with Crippen LogP contribution in [0.1, 0.15) is 12.0 Å². The van der Waals surface area contributed by atoms with Crippen molar-refractivity contribution in [2.45, 2.75) is 12.5 Å². The number of aliphatic hydroxyl groups is 1. The molecule has 0 bridgehead atoms. The molecule has 1 amide bonds. The van der Waals surface area contributed by atoms with E-state index < -0.39 is 6.10 Å². The molecule has 1 rings (SSSR count). The van der Waals surface area contributed by atoms with Gasteiger partial charge in [-0.15, -0.1) is 0 Å². The monoisotopic (exact) mass is 277 g/mol. The molecule has 1 aromatic carbocycles. The highest BCUT2D eigenvalue weighted by Gasteiger charge is 2.07. The maximum Gasteiger partial charge on any atom is 0.221 e. The number of nitriles is 1. The fourth-order valence-electron chi connectivity index (χ4n) is 1.53. The van der Waals surface area contributed by atoms with Gasteiger partial charge >= 0.3 is 0 Å². The highest BCUT2D eigenvalue weighted by atomic mass is 16.5. The summed E-state index contributed by atoms with van der Waals surface area (Å²) in [6, 6.07) is 8.88. The summed E-state index contributed by atoms with van der Waals surface area (Å²) in [6.07, 6.45) is -0.340. The van der Waals surface area contributed by atoms with E-state index >= 15 is 0 Å². The van der Waals surface area contributed by atoms with Crippen molar-refractivity contribution in [1.29, 1.82) is 5.26 Å². The summed E-state index contributed by atoms with van der Waals surface area (Å²) in [5.41, 5.74) is 0.437. The first-order valence-corrected chi connectivity index (χ1v) is 6.38. The molecule has 6 nitrogen and oxygen atoms in total. The van der Waals surface area contributed by atoms with Crippen LogP contribution in [0.5, 0.6) is 5.75 Å². The number of aliphatic hydroxyl groups excluding tert-OH is 1. The van der Waals surface area contributed by atoms with Crippen molar-refractivity contribution in [3.05, 3.63) is 29.8 Å². The lowest BCUT2D eigenvalue weighted by Crippen LogP contribution is -2.33. The number of benzene rings is 1. The second-order valence-corrected chi connectivity index (χ2v) is 4.20. The maximum absolute atomic E-state index is 11.0. The van der Waals surface area contributed by atoms with Gasteiger partial charge in [0.05, 0.1) is 5.56 Å². The topological polar surface area (TPSA) is 94.4 Å². The molecule has 6 heteroatoms. The molecule has 0 heterocycles. The molecule has 0 saturated carbocycles. The lowest BCUT2D eigenvalue weighted by atomic mass is 10.2. The van der Waals surface area contributed by atoms with Crippen LogP contribution in [0.25, 0.3) is 0 Å². The molecule has 0 aliphatic heterocycles. The van der Waals surface area contributed by atoms with E-state index in [1.54, 1.807) is 31.3 Å². The molecule has 1 atom stereocenters. The third-order valence-electron chi connectivity index (χ3n) is 2.63. The van der Waals surface area contributed by atoms with Crippen molar-refractivity contribution >= 4 is 5.91 Å². The minimum absolute atomic E-state index is 0.0498. The minimum Gasteiger partial charge on any atom is -0.489 e. The molecular formula is C14H19N3O3. The average molecular weight is 277 g/mol. The number of para-hydroxylation sites is 1. The Balaban J connectivity index is 2.25. The Labute approximate surface area is 118 Å². The Hall–Kier alpha value is -2.10. The van der Waals surface area contributed by atoms with E-state index in [2.05, 4.69) is 10.6 Å². The van der Waals surface area contributed by atoms with Crippen LogP contribution in [0.2, 0.25) is 0 Å². The first-order valence-electron chi connectivity index (χ1n) is 6.38. The third-order valence-corrected chi connectivity index (χ3v) is 2.63. The van der Waals surface area contributed by atoms with Gasteiger partial charge in [-0.2, -0.15) is 5.26 Å². The number of hydrogen-bond donors (Lipinski definition) is 3. The van der Waals surface area contributed by atoms with Gasteiger partial charge in [0, 0.05) is 26.6 Å². The lowest BCUT2D eigenvalue weighted by molar-refractivity contribution is -0.120. The molecule has 0 fully saturated rings. The summed E-state index contributed by atoms with van der Waals surface area (Å²) < 4.78 is 5.40. The second kappa shape index (κ2) is 8.91. The molecule has 20 heavy (non-hydrogen) atoms. The number of amides is 1. The zero-order chi connectivity index (χ0) is 14.8. The smallest absolute Gasteiger partial charge is 0.221 e. The molecule has 0 aromatic heterocycles. The van der Waals surface area contributed by atoms with Crippen LogP contribution in [0.15, 0.2) is 24.3 Å². The maximum atomic E-state index is 11.0. The number of rotatable bonds is 8. The van der Waals surface area contributed by atoms with Gasteiger partial charge in [-0.1, -0.05) is 12.1 Å². The van der Waals surface area contributed by atoms with Crippen molar-refractivity contribution < 1.29 is 14.6 Å². The van der Waals surface area contributed by atoms with Gasteiger partial charge in [-0.25, -0.2) is 0 Å². The normalized spacial score (nSPS) is 11.4. The number of ether oxygens (including phenoxy) is 1. The predicted molar refractivity (Wildman–Crippen MR) is 74.2 cm³/mol. The average Bonchev–Trinajstić information content (AvgIpc) is 2.49. The Morgan fingerprint density at radius 3 is 2.95 bits per heavy atom. The summed E-state index contributed by atoms with van der Waals surface area (Å²) in [5.74, 6) is 0.408. The standard InChI is InChI=1S/C14H19N3O3/c1-16-14(19)6-7-17-9-12(18)10-20-13-5-3-2-4-11(13)8-15/h2-5,12,17-18H,6-7,9-10H2,1H3,(H,16,19). The van der Waals surface area contributed by atoms with Crippen molar-refractivity contribution in [3.63, 3.8) is 0 Å². The molecule has 0 aliphatic carbocycles. The molecule has 0 saturated heterocycles. The van der Waals surface area contributed by atoms with Gasteiger partial charge in [0.2, 0.25) is 5.91 Å². The van der Waals surface area contributed by atoms with Gasteiger partial charge in [0.25, 0.3) is 0 Å². The summed E-state index contributed by atoms with van der Waals surface area (Å²) in [4.78, 5) is 11.0. The highest BCUT2D eigenvalue weighted by molar-refractivity contribution is 5.75. The molecule has 1 aromatic rings. The van der Waals surface area contributed by atoms with E-state index in [0.717, 1.165) is 0 Å².